The van der Waals surface area contributed by atoms with Crippen molar-refractivity contribution < 1.29 is 14.0 Å². The van der Waals surface area contributed by atoms with Crippen LogP contribution < -0.4 is 4.90 Å². The fourth-order valence-electron chi connectivity index (χ4n) is 8.33. The first-order chi connectivity index (χ1) is 23.6. The third-order valence-corrected chi connectivity index (χ3v) is 10.2. The predicted octanol–water partition coefficient (Wildman–Crippen LogP) is 8.44. The van der Waals surface area contributed by atoms with Gasteiger partial charge in [-0.25, -0.2) is 9.89 Å². The number of hydrogen-bond acceptors (Lipinski definition) is 5. The maximum atomic E-state index is 14.7. The van der Waals surface area contributed by atoms with Crippen LogP contribution in [0.3, 0.4) is 0 Å². The molecule has 2 bridgehead atoms. The minimum absolute atomic E-state index is 0.153. The van der Waals surface area contributed by atoms with E-state index in [0.717, 1.165) is 33.4 Å². The van der Waals surface area contributed by atoms with Crippen LogP contribution in [0.15, 0.2) is 149 Å². The van der Waals surface area contributed by atoms with Crippen LogP contribution in [0.1, 0.15) is 33.7 Å². The number of carbonyl (C=O) groups is 2. The molecule has 0 N–H and O–H groups in total. The predicted molar refractivity (Wildman–Crippen MR) is 184 cm³/mol. The SMILES string of the molecule is N#Cc1c(N=CC23c4ccccc4C(c4ccccc42)[C@H]2C(=O)N(c4ccccc4)C(=O)[C@@H]23)oc(-c2ccccc2)c1-c1ccccc1. The van der Waals surface area contributed by atoms with Crippen molar-refractivity contribution in [2.45, 2.75) is 11.3 Å². The maximum absolute atomic E-state index is 14.7. The number of anilines is 1. The Morgan fingerprint density at radius 1 is 0.688 bits per heavy atom. The van der Waals surface area contributed by atoms with E-state index in [1.165, 1.54) is 4.90 Å². The van der Waals surface area contributed by atoms with E-state index in [4.69, 9.17) is 9.41 Å². The molecule has 10 rings (SSSR count). The number of benzene rings is 5. The first-order valence-electron chi connectivity index (χ1n) is 16.0. The Bertz CT molecular complexity index is 2270. The number of amides is 2. The Labute approximate surface area is 277 Å². The van der Waals surface area contributed by atoms with Gasteiger partial charge in [0.25, 0.3) is 0 Å². The van der Waals surface area contributed by atoms with Gasteiger partial charge in [0, 0.05) is 23.3 Å². The number of furan rings is 1. The highest BCUT2D eigenvalue weighted by Crippen LogP contribution is 2.64. The second-order valence-corrected chi connectivity index (χ2v) is 12.5. The number of imide groups is 1. The molecule has 4 aliphatic rings. The Balaban J connectivity index is 1.30. The molecule has 228 valence electrons. The molecule has 0 saturated carbocycles. The Kier molecular flexibility index (Phi) is 6.18. The van der Waals surface area contributed by atoms with Gasteiger partial charge >= 0.3 is 0 Å². The minimum Gasteiger partial charge on any atom is -0.436 e. The summed E-state index contributed by atoms with van der Waals surface area (Å²) in [5.41, 5.74) is 5.96. The van der Waals surface area contributed by atoms with Gasteiger partial charge in [-0.15, -0.1) is 0 Å². The highest BCUT2D eigenvalue weighted by Gasteiger charge is 2.68. The van der Waals surface area contributed by atoms with E-state index in [1.54, 1.807) is 18.3 Å². The first-order valence-corrected chi connectivity index (χ1v) is 16.0. The molecule has 2 atom stereocenters. The van der Waals surface area contributed by atoms with Crippen LogP contribution in [0.4, 0.5) is 11.6 Å². The monoisotopic (exact) mass is 621 g/mol. The highest BCUT2D eigenvalue weighted by molar-refractivity contribution is 6.25. The average Bonchev–Trinajstić information content (AvgIpc) is 3.66. The summed E-state index contributed by atoms with van der Waals surface area (Å²) < 4.78 is 6.51. The lowest BCUT2D eigenvalue weighted by atomic mass is 9.47. The zero-order valence-corrected chi connectivity index (χ0v) is 25.7. The van der Waals surface area contributed by atoms with E-state index in [-0.39, 0.29) is 23.6 Å². The van der Waals surface area contributed by atoms with Crippen LogP contribution >= 0.6 is 0 Å². The summed E-state index contributed by atoms with van der Waals surface area (Å²) in [6.45, 7) is 0. The van der Waals surface area contributed by atoms with Gasteiger partial charge < -0.3 is 4.42 Å². The maximum Gasteiger partial charge on any atom is 0.239 e. The molecule has 1 saturated heterocycles. The van der Waals surface area contributed by atoms with E-state index in [9.17, 15) is 14.9 Å². The quantitative estimate of drug-likeness (QED) is 0.143. The molecule has 0 radical (unpaired) electrons. The van der Waals surface area contributed by atoms with Crippen molar-refractivity contribution in [3.8, 4) is 28.5 Å². The largest absolute Gasteiger partial charge is 0.436 e. The molecule has 3 aliphatic carbocycles. The highest BCUT2D eigenvalue weighted by atomic mass is 16.4. The average molecular weight is 622 g/mol. The van der Waals surface area contributed by atoms with Crippen molar-refractivity contribution in [1.82, 2.24) is 0 Å². The summed E-state index contributed by atoms with van der Waals surface area (Å²) in [5.74, 6) is -1.43. The number of para-hydroxylation sites is 1. The summed E-state index contributed by atoms with van der Waals surface area (Å²) in [6, 6.07) is 47.0. The number of carbonyl (C=O) groups excluding carboxylic acids is 2. The normalized spacial score (nSPS) is 22.0. The van der Waals surface area contributed by atoms with E-state index >= 15 is 0 Å². The van der Waals surface area contributed by atoms with Crippen LogP contribution in [0.5, 0.6) is 0 Å². The van der Waals surface area contributed by atoms with Gasteiger partial charge in [-0.2, -0.15) is 5.26 Å². The lowest BCUT2D eigenvalue weighted by Gasteiger charge is -2.52. The van der Waals surface area contributed by atoms with Crippen LogP contribution in [-0.4, -0.2) is 18.0 Å². The zero-order chi connectivity index (χ0) is 32.4. The molecule has 5 aromatic carbocycles. The molecular weight excluding hydrogens is 594 g/mol. The number of rotatable bonds is 5. The molecule has 1 aliphatic heterocycles. The van der Waals surface area contributed by atoms with E-state index in [1.807, 2.05) is 115 Å². The summed E-state index contributed by atoms with van der Waals surface area (Å²) >= 11 is 0. The van der Waals surface area contributed by atoms with Crippen LogP contribution in [0.25, 0.3) is 22.5 Å². The molecule has 0 spiro atoms. The van der Waals surface area contributed by atoms with Gasteiger partial charge in [0.2, 0.25) is 17.7 Å². The third-order valence-electron chi connectivity index (χ3n) is 10.2. The molecule has 0 unspecified atom stereocenters. The lowest BCUT2D eigenvalue weighted by molar-refractivity contribution is -0.122. The number of aliphatic imine (C=N–C) groups is 1. The second-order valence-electron chi connectivity index (χ2n) is 12.5. The van der Waals surface area contributed by atoms with Crippen LogP contribution in [0, 0.1) is 23.2 Å². The van der Waals surface area contributed by atoms with Crippen molar-refractivity contribution in [2.24, 2.45) is 16.8 Å². The molecule has 6 aromatic rings. The smallest absolute Gasteiger partial charge is 0.239 e. The summed E-state index contributed by atoms with van der Waals surface area (Å²) in [7, 11) is 0. The van der Waals surface area contributed by atoms with E-state index in [2.05, 4.69) is 18.2 Å². The third kappa shape index (κ3) is 3.76. The Morgan fingerprint density at radius 3 is 1.83 bits per heavy atom. The van der Waals surface area contributed by atoms with Crippen LogP contribution in [0.2, 0.25) is 0 Å². The van der Waals surface area contributed by atoms with Gasteiger partial charge in [-0.1, -0.05) is 127 Å². The van der Waals surface area contributed by atoms with Gasteiger partial charge in [0.05, 0.1) is 22.9 Å². The molecule has 2 heterocycles. The summed E-state index contributed by atoms with van der Waals surface area (Å²) in [5, 5.41) is 10.6. The lowest BCUT2D eigenvalue weighted by Crippen LogP contribution is -2.54. The fraction of sp³-hybridized carbons (Fsp3) is 0.0952. The number of nitrogens with zero attached hydrogens (tertiary/aromatic N) is 3. The summed E-state index contributed by atoms with van der Waals surface area (Å²) in [6.07, 6.45) is 1.78. The topological polar surface area (TPSA) is 86.7 Å². The first kappa shape index (κ1) is 27.9. The van der Waals surface area contributed by atoms with Crippen LogP contribution in [-0.2, 0) is 15.0 Å². The second kappa shape index (κ2) is 10.6. The molecular formula is C42H27N3O3. The van der Waals surface area contributed by atoms with Crippen molar-refractivity contribution in [3.05, 3.63) is 167 Å². The van der Waals surface area contributed by atoms with Crippen molar-refractivity contribution in [2.75, 3.05) is 4.90 Å². The standard InChI is InChI=1S/C42H27N3O3/c43-24-31-34(26-14-4-1-5-15-26)38(27-16-6-2-7-17-27)48-39(31)44-25-42-32-22-12-10-20-29(32)35(30-21-11-13-23-33(30)42)36-37(42)41(47)45(40(36)46)28-18-8-3-9-19-28/h1-23,25,35-37H/t35?,36-,37-,42?/m1/s1. The zero-order valence-electron chi connectivity index (χ0n) is 25.7. The van der Waals surface area contributed by atoms with E-state index in [0.29, 0.717) is 22.6 Å². The van der Waals surface area contributed by atoms with Crippen molar-refractivity contribution >= 4 is 29.6 Å². The summed E-state index contributed by atoms with van der Waals surface area (Å²) in [4.78, 5) is 35.5. The minimum atomic E-state index is -1.10. The van der Waals surface area contributed by atoms with Crippen molar-refractivity contribution in [1.29, 1.82) is 5.26 Å². The Hall–Kier alpha value is -6.32. The molecule has 2 amide bonds. The number of hydrogen-bond donors (Lipinski definition) is 0. The Morgan fingerprint density at radius 2 is 1.23 bits per heavy atom. The molecule has 6 heteroatoms. The van der Waals surface area contributed by atoms with Gasteiger partial charge in [-0.3, -0.25) is 9.59 Å². The molecule has 48 heavy (non-hydrogen) atoms. The van der Waals surface area contributed by atoms with Gasteiger partial charge in [0.1, 0.15) is 17.4 Å². The molecule has 1 aromatic heterocycles. The van der Waals surface area contributed by atoms with E-state index < -0.39 is 17.3 Å². The molecule has 1 fully saturated rings. The molecule has 6 nitrogen and oxygen atoms in total. The number of nitriles is 1. The fourth-order valence-corrected chi connectivity index (χ4v) is 8.33. The van der Waals surface area contributed by atoms with Gasteiger partial charge in [0.15, 0.2) is 0 Å². The van der Waals surface area contributed by atoms with Gasteiger partial charge in [-0.05, 0) is 39.9 Å². The van der Waals surface area contributed by atoms with Crippen molar-refractivity contribution in [3.63, 3.8) is 0 Å².